The number of nitrogens with zero attached hydrogens (tertiary/aromatic N) is 2. The fourth-order valence-corrected chi connectivity index (χ4v) is 1.87. The summed E-state index contributed by atoms with van der Waals surface area (Å²) in [5.74, 6) is -1.14. The third kappa shape index (κ3) is 2.93. The van der Waals surface area contributed by atoms with Crippen LogP contribution in [0.5, 0.6) is 0 Å². The molecule has 0 saturated heterocycles. The highest BCUT2D eigenvalue weighted by Crippen LogP contribution is 2.31. The first-order chi connectivity index (χ1) is 9.29. The van der Waals surface area contributed by atoms with Gasteiger partial charge >= 0.3 is 12.1 Å². The Morgan fingerprint density at radius 1 is 1.45 bits per heavy atom. The van der Waals surface area contributed by atoms with Crippen molar-refractivity contribution in [2.75, 3.05) is 0 Å². The summed E-state index contributed by atoms with van der Waals surface area (Å²) in [7, 11) is 0. The molecule has 0 atom stereocenters. The highest BCUT2D eigenvalue weighted by Gasteiger charge is 2.31. The van der Waals surface area contributed by atoms with Gasteiger partial charge in [-0.15, -0.1) is 0 Å². The Hall–Kier alpha value is -2.02. The van der Waals surface area contributed by atoms with Crippen molar-refractivity contribution in [3.05, 3.63) is 52.6 Å². The number of hydrogen-bond donors (Lipinski definition) is 1. The van der Waals surface area contributed by atoms with Gasteiger partial charge in [-0.3, -0.25) is 4.98 Å². The number of carboxylic acids is 1. The van der Waals surface area contributed by atoms with Crippen LogP contribution < -0.4 is 0 Å². The van der Waals surface area contributed by atoms with E-state index in [9.17, 15) is 18.0 Å². The molecule has 0 unspecified atom stereocenters. The lowest BCUT2D eigenvalue weighted by Crippen LogP contribution is -2.11. The Bertz CT molecular complexity index is 652. The summed E-state index contributed by atoms with van der Waals surface area (Å²) in [5.41, 5.74) is -0.779. The molecule has 0 spiro atoms. The van der Waals surface area contributed by atoms with Crippen molar-refractivity contribution in [1.82, 2.24) is 9.55 Å². The van der Waals surface area contributed by atoms with Crippen molar-refractivity contribution >= 4 is 17.6 Å². The molecular weight excluding hydrogens is 297 g/mol. The third-order valence-electron chi connectivity index (χ3n) is 2.61. The number of alkyl halides is 3. The van der Waals surface area contributed by atoms with Gasteiger partial charge in [-0.05, 0) is 18.2 Å². The molecule has 0 radical (unpaired) electrons. The van der Waals surface area contributed by atoms with E-state index in [4.69, 9.17) is 16.7 Å². The number of aromatic nitrogens is 2. The monoisotopic (exact) mass is 304 g/mol. The van der Waals surface area contributed by atoms with Crippen LogP contribution in [0, 0.1) is 0 Å². The van der Waals surface area contributed by atoms with Crippen LogP contribution in [0.3, 0.4) is 0 Å². The standard InChI is InChI=1S/C12H8ClF3N2O2/c13-8-4-7(12(14,15)16)5-17-9(8)6-18-3-1-2-10(18)11(19)20/h1-5H,6H2,(H,19,20). The minimum atomic E-state index is -4.52. The van der Waals surface area contributed by atoms with Gasteiger partial charge in [0.25, 0.3) is 0 Å². The van der Waals surface area contributed by atoms with Crippen LogP contribution in [0.1, 0.15) is 21.7 Å². The average molecular weight is 305 g/mol. The summed E-state index contributed by atoms with van der Waals surface area (Å²) in [5, 5.41) is 8.77. The van der Waals surface area contributed by atoms with Gasteiger partial charge in [-0.25, -0.2) is 4.79 Å². The summed E-state index contributed by atoms with van der Waals surface area (Å²) in [4.78, 5) is 14.6. The highest BCUT2D eigenvalue weighted by molar-refractivity contribution is 6.31. The molecule has 106 valence electrons. The number of halogens is 4. The van der Waals surface area contributed by atoms with E-state index in [1.54, 1.807) is 0 Å². The van der Waals surface area contributed by atoms with E-state index in [1.165, 1.54) is 22.9 Å². The molecule has 0 aliphatic carbocycles. The van der Waals surface area contributed by atoms with E-state index < -0.39 is 17.7 Å². The van der Waals surface area contributed by atoms with Gasteiger partial charge in [0.15, 0.2) is 0 Å². The normalized spacial score (nSPS) is 11.6. The maximum atomic E-state index is 12.5. The number of carbonyl (C=O) groups is 1. The Balaban J connectivity index is 2.31. The zero-order chi connectivity index (χ0) is 14.9. The highest BCUT2D eigenvalue weighted by atomic mass is 35.5. The average Bonchev–Trinajstić information content (AvgIpc) is 2.78. The van der Waals surface area contributed by atoms with Crippen molar-refractivity contribution in [2.45, 2.75) is 12.7 Å². The van der Waals surface area contributed by atoms with Gasteiger partial charge < -0.3 is 9.67 Å². The molecule has 2 aromatic heterocycles. The topological polar surface area (TPSA) is 55.1 Å². The quantitative estimate of drug-likeness (QED) is 0.946. The third-order valence-corrected chi connectivity index (χ3v) is 2.94. The molecule has 2 aromatic rings. The summed E-state index contributed by atoms with van der Waals surface area (Å²) < 4.78 is 38.7. The lowest BCUT2D eigenvalue weighted by Gasteiger charge is -2.10. The molecule has 0 aliphatic heterocycles. The van der Waals surface area contributed by atoms with E-state index >= 15 is 0 Å². The van der Waals surface area contributed by atoms with Gasteiger partial charge in [0.05, 0.1) is 22.8 Å². The van der Waals surface area contributed by atoms with Crippen LogP contribution in [0.15, 0.2) is 30.6 Å². The van der Waals surface area contributed by atoms with Crippen LogP contribution in [0.2, 0.25) is 5.02 Å². The molecule has 1 N–H and O–H groups in total. The van der Waals surface area contributed by atoms with Crippen LogP contribution in [0.4, 0.5) is 13.2 Å². The lowest BCUT2D eigenvalue weighted by atomic mass is 10.2. The zero-order valence-electron chi connectivity index (χ0n) is 9.86. The number of aromatic carboxylic acids is 1. The van der Waals surface area contributed by atoms with E-state index in [1.807, 2.05) is 0 Å². The predicted molar refractivity (Wildman–Crippen MR) is 64.7 cm³/mol. The maximum absolute atomic E-state index is 12.5. The largest absolute Gasteiger partial charge is 0.477 e. The molecule has 8 heteroatoms. The molecule has 20 heavy (non-hydrogen) atoms. The van der Waals surface area contributed by atoms with Crippen LogP contribution in [-0.2, 0) is 12.7 Å². The number of rotatable bonds is 3. The molecule has 0 amide bonds. The molecule has 2 rings (SSSR count). The lowest BCUT2D eigenvalue weighted by molar-refractivity contribution is -0.137. The van der Waals surface area contributed by atoms with Crippen LogP contribution in [-0.4, -0.2) is 20.6 Å². The fourth-order valence-electron chi connectivity index (χ4n) is 1.65. The first kappa shape index (κ1) is 14.4. The van der Waals surface area contributed by atoms with Crippen molar-refractivity contribution in [3.8, 4) is 0 Å². The van der Waals surface area contributed by atoms with Gasteiger partial charge in [-0.2, -0.15) is 13.2 Å². The van der Waals surface area contributed by atoms with E-state index in [-0.39, 0.29) is 23.0 Å². The minimum Gasteiger partial charge on any atom is -0.477 e. The van der Waals surface area contributed by atoms with Crippen LogP contribution >= 0.6 is 11.6 Å². The van der Waals surface area contributed by atoms with Gasteiger partial charge in [-0.1, -0.05) is 11.6 Å². The number of carboxylic acid groups (broad SMARTS) is 1. The second-order valence-corrected chi connectivity index (χ2v) is 4.38. The Morgan fingerprint density at radius 2 is 2.15 bits per heavy atom. The molecule has 0 aliphatic rings. The smallest absolute Gasteiger partial charge is 0.417 e. The Labute approximate surface area is 116 Å². The predicted octanol–water partition coefficient (Wildman–Crippen LogP) is 3.30. The second-order valence-electron chi connectivity index (χ2n) is 3.98. The first-order valence-electron chi connectivity index (χ1n) is 5.39. The Kier molecular flexibility index (Phi) is 3.71. The SMILES string of the molecule is O=C(O)c1cccn1Cc1ncc(C(F)(F)F)cc1Cl. The van der Waals surface area contributed by atoms with Gasteiger partial charge in [0.1, 0.15) is 5.69 Å². The second kappa shape index (κ2) is 5.16. The summed E-state index contributed by atoms with van der Waals surface area (Å²) in [6.45, 7) is -0.0222. The van der Waals surface area contributed by atoms with Crippen molar-refractivity contribution in [2.24, 2.45) is 0 Å². The fraction of sp³-hybridized carbons (Fsp3) is 0.167. The molecule has 4 nitrogen and oxygen atoms in total. The number of hydrogen-bond acceptors (Lipinski definition) is 2. The summed E-state index contributed by atoms with van der Waals surface area (Å²) in [6.07, 6.45) is -2.36. The first-order valence-corrected chi connectivity index (χ1v) is 5.77. The van der Waals surface area contributed by atoms with E-state index in [2.05, 4.69) is 4.98 Å². The molecule has 0 bridgehead atoms. The van der Waals surface area contributed by atoms with Gasteiger partial charge in [0, 0.05) is 12.4 Å². The van der Waals surface area contributed by atoms with E-state index in [0.29, 0.717) is 6.20 Å². The summed E-state index contributed by atoms with van der Waals surface area (Å²) in [6, 6.07) is 3.66. The summed E-state index contributed by atoms with van der Waals surface area (Å²) >= 11 is 5.76. The van der Waals surface area contributed by atoms with Crippen molar-refractivity contribution in [1.29, 1.82) is 0 Å². The maximum Gasteiger partial charge on any atom is 0.417 e. The van der Waals surface area contributed by atoms with Crippen molar-refractivity contribution in [3.63, 3.8) is 0 Å². The molecular formula is C12H8ClF3N2O2. The molecule has 2 heterocycles. The molecule has 0 saturated carbocycles. The minimum absolute atomic E-state index is 0.00256. The zero-order valence-corrected chi connectivity index (χ0v) is 10.6. The number of pyridine rings is 1. The Morgan fingerprint density at radius 3 is 2.70 bits per heavy atom. The van der Waals surface area contributed by atoms with E-state index in [0.717, 1.165) is 6.07 Å². The van der Waals surface area contributed by atoms with Crippen molar-refractivity contribution < 1.29 is 23.1 Å². The molecule has 0 aromatic carbocycles. The van der Waals surface area contributed by atoms with Gasteiger partial charge in [0.2, 0.25) is 0 Å². The molecule has 0 fully saturated rings. The van der Waals surface area contributed by atoms with Crippen LogP contribution in [0.25, 0.3) is 0 Å².